The van der Waals surface area contributed by atoms with Crippen molar-refractivity contribution in [3.8, 4) is 0 Å². The Morgan fingerprint density at radius 1 is 1.39 bits per heavy atom. The van der Waals surface area contributed by atoms with Crippen molar-refractivity contribution in [3.05, 3.63) is 23.0 Å². The predicted octanol–water partition coefficient (Wildman–Crippen LogP) is -3.16. The van der Waals surface area contributed by atoms with Gasteiger partial charge in [0, 0.05) is 18.2 Å². The number of aliphatic carboxylic acids is 1. The number of guanidine groups is 1. The number of carbonyl (C=O) groups excluding carboxylic acids is 2. The summed E-state index contributed by atoms with van der Waals surface area (Å²) in [6, 6.07) is -2.83. The van der Waals surface area contributed by atoms with E-state index in [-0.39, 0.29) is 47.0 Å². The number of β-lactam (4-membered cyclic amide) rings is 1. The van der Waals surface area contributed by atoms with Crippen LogP contribution >= 0.6 is 11.3 Å². The maximum absolute atomic E-state index is 13.1. The molecule has 1 saturated carbocycles. The minimum atomic E-state index is -5.01. The number of thiazole rings is 1. The van der Waals surface area contributed by atoms with Gasteiger partial charge in [0.1, 0.15) is 23.5 Å². The lowest BCUT2D eigenvalue weighted by molar-refractivity contribution is -0.153. The first-order valence-electron chi connectivity index (χ1n) is 10.6. The van der Waals surface area contributed by atoms with Gasteiger partial charge in [0.2, 0.25) is 5.60 Å². The van der Waals surface area contributed by atoms with Gasteiger partial charge in [-0.3, -0.25) is 19.6 Å². The SMILES string of the molecule is N=C(N)NCc1cnn(C[C@H]2[C@H](NC(=O)C(=NOC3(C(=O)O)CC3)c3csc(N)n3)C(=O)N2S(=O)(=O)O)n1. The number of aromatic nitrogens is 4. The van der Waals surface area contributed by atoms with Gasteiger partial charge in [-0.25, -0.2) is 14.1 Å². The van der Waals surface area contributed by atoms with E-state index < -0.39 is 51.5 Å². The second-order valence-corrected chi connectivity index (χ2v) is 10.4. The molecule has 0 bridgehead atoms. The number of nitrogen functional groups attached to an aromatic ring is 1. The van der Waals surface area contributed by atoms with Crippen molar-refractivity contribution in [2.45, 2.75) is 43.6 Å². The maximum atomic E-state index is 13.1. The highest BCUT2D eigenvalue weighted by Crippen LogP contribution is 2.40. The number of rotatable bonds is 11. The zero-order valence-corrected chi connectivity index (χ0v) is 20.8. The normalized spacial score (nSPS) is 20.4. The molecule has 9 N–H and O–H groups in total. The van der Waals surface area contributed by atoms with Crippen molar-refractivity contribution >= 4 is 56.2 Å². The van der Waals surface area contributed by atoms with Crippen molar-refractivity contribution in [1.82, 2.24) is 34.9 Å². The number of nitrogens with two attached hydrogens (primary N) is 2. The Kier molecular flexibility index (Phi) is 6.90. The molecule has 0 aromatic carbocycles. The molecule has 0 unspecified atom stereocenters. The van der Waals surface area contributed by atoms with Gasteiger partial charge in [-0.1, -0.05) is 5.16 Å². The van der Waals surface area contributed by atoms with E-state index in [0.717, 1.165) is 16.1 Å². The quantitative estimate of drug-likeness (QED) is 0.0460. The third-order valence-electron chi connectivity index (χ3n) is 5.48. The third-order valence-corrected chi connectivity index (χ3v) is 7.11. The van der Waals surface area contributed by atoms with Gasteiger partial charge in [0.25, 0.3) is 11.8 Å². The average molecular weight is 572 g/mol. The molecular weight excluding hydrogens is 550 g/mol. The van der Waals surface area contributed by atoms with E-state index in [1.54, 1.807) is 0 Å². The van der Waals surface area contributed by atoms with Gasteiger partial charge in [-0.2, -0.15) is 23.4 Å². The number of nitrogens with one attached hydrogen (secondary N) is 3. The van der Waals surface area contributed by atoms with Crippen LogP contribution in [0.3, 0.4) is 0 Å². The van der Waals surface area contributed by atoms with E-state index in [1.165, 1.54) is 11.6 Å². The van der Waals surface area contributed by atoms with Crippen LogP contribution in [0.1, 0.15) is 24.2 Å². The van der Waals surface area contributed by atoms with Crippen molar-refractivity contribution < 1.29 is 37.3 Å². The molecule has 2 aliphatic rings. The molecule has 4 rings (SSSR count). The minimum Gasteiger partial charge on any atom is -0.478 e. The summed E-state index contributed by atoms with van der Waals surface area (Å²) in [5.74, 6) is -3.79. The number of amides is 2. The Bertz CT molecular complexity index is 1430. The Hall–Kier alpha value is -4.37. The fourth-order valence-electron chi connectivity index (χ4n) is 3.40. The number of hydrogen-bond donors (Lipinski definition) is 7. The molecule has 38 heavy (non-hydrogen) atoms. The monoisotopic (exact) mass is 571 g/mol. The lowest BCUT2D eigenvalue weighted by Gasteiger charge is -2.43. The number of anilines is 1. The molecule has 1 aliphatic heterocycles. The highest BCUT2D eigenvalue weighted by atomic mass is 32.2. The van der Waals surface area contributed by atoms with Crippen molar-refractivity contribution in [2.24, 2.45) is 10.9 Å². The number of oxime groups is 1. The highest BCUT2D eigenvalue weighted by molar-refractivity contribution is 7.84. The van der Waals surface area contributed by atoms with Crippen LogP contribution < -0.4 is 22.1 Å². The van der Waals surface area contributed by atoms with Crippen molar-refractivity contribution in [3.63, 3.8) is 0 Å². The molecule has 2 fully saturated rings. The molecule has 2 aromatic heterocycles. The first kappa shape index (κ1) is 26.7. The topological polar surface area (TPSA) is 294 Å². The van der Waals surface area contributed by atoms with E-state index in [2.05, 4.69) is 31.0 Å². The largest absolute Gasteiger partial charge is 0.478 e. The zero-order chi connectivity index (χ0) is 27.8. The Morgan fingerprint density at radius 3 is 2.66 bits per heavy atom. The van der Waals surface area contributed by atoms with E-state index in [1.807, 2.05) is 0 Å². The highest BCUT2D eigenvalue weighted by Gasteiger charge is 2.56. The summed E-state index contributed by atoms with van der Waals surface area (Å²) >= 11 is 0.959. The third kappa shape index (κ3) is 5.47. The number of hydrogen-bond acceptors (Lipinski definition) is 13. The second-order valence-electron chi connectivity index (χ2n) is 8.19. The first-order valence-corrected chi connectivity index (χ1v) is 12.9. The van der Waals surface area contributed by atoms with Crippen LogP contribution in [-0.4, -0.2) is 89.5 Å². The van der Waals surface area contributed by atoms with Crippen LogP contribution in [0.4, 0.5) is 5.13 Å². The Morgan fingerprint density at radius 2 is 2.11 bits per heavy atom. The molecule has 0 radical (unpaired) electrons. The molecule has 2 atom stereocenters. The van der Waals surface area contributed by atoms with E-state index >= 15 is 0 Å². The number of carbonyl (C=O) groups is 3. The van der Waals surface area contributed by atoms with Crippen molar-refractivity contribution in [1.29, 1.82) is 5.41 Å². The van der Waals surface area contributed by atoms with Gasteiger partial charge < -0.3 is 32.0 Å². The van der Waals surface area contributed by atoms with Crippen LogP contribution in [0, 0.1) is 5.41 Å². The van der Waals surface area contributed by atoms with Crippen molar-refractivity contribution in [2.75, 3.05) is 5.73 Å². The molecule has 19 nitrogen and oxygen atoms in total. The molecule has 1 aliphatic carbocycles. The van der Waals surface area contributed by atoms with Gasteiger partial charge >= 0.3 is 16.3 Å². The second kappa shape index (κ2) is 9.83. The Balaban J connectivity index is 1.55. The molecule has 21 heteroatoms. The smallest absolute Gasteiger partial charge is 0.362 e. The van der Waals surface area contributed by atoms with E-state index in [0.29, 0.717) is 5.69 Å². The zero-order valence-electron chi connectivity index (χ0n) is 19.1. The summed E-state index contributed by atoms with van der Waals surface area (Å²) in [6.07, 6.45) is 1.62. The maximum Gasteiger partial charge on any atom is 0.362 e. The fourth-order valence-corrected chi connectivity index (χ4v) is 4.82. The summed E-state index contributed by atoms with van der Waals surface area (Å²) in [6.45, 7) is -0.333. The van der Waals surface area contributed by atoms with Gasteiger partial charge in [0.15, 0.2) is 16.8 Å². The molecule has 2 amide bonds. The summed E-state index contributed by atoms with van der Waals surface area (Å²) in [5, 5.41) is 34.4. The first-order chi connectivity index (χ1) is 17.8. The molecule has 0 spiro atoms. The predicted molar refractivity (Wildman–Crippen MR) is 127 cm³/mol. The lowest BCUT2D eigenvalue weighted by Crippen LogP contribution is -2.73. The van der Waals surface area contributed by atoms with Gasteiger partial charge in [-0.15, -0.1) is 11.3 Å². The summed E-state index contributed by atoms with van der Waals surface area (Å²) in [4.78, 5) is 47.2. The summed E-state index contributed by atoms with van der Waals surface area (Å²) < 4.78 is 33.3. The lowest BCUT2D eigenvalue weighted by atomic mass is 9.98. The molecule has 204 valence electrons. The van der Waals surface area contributed by atoms with Crippen LogP contribution in [-0.2, 0) is 42.6 Å². The average Bonchev–Trinajstić information content (AvgIpc) is 3.29. The summed E-state index contributed by atoms with van der Waals surface area (Å²) in [5.41, 5.74) is 9.00. The minimum absolute atomic E-state index is 0.0372. The Labute approximate surface area is 217 Å². The summed E-state index contributed by atoms with van der Waals surface area (Å²) in [7, 11) is -5.01. The fraction of sp³-hybridized carbons (Fsp3) is 0.412. The van der Waals surface area contributed by atoms with E-state index in [9.17, 15) is 32.5 Å². The van der Waals surface area contributed by atoms with E-state index in [4.69, 9.17) is 21.7 Å². The molecule has 3 heterocycles. The van der Waals surface area contributed by atoms with Crippen LogP contribution in [0.25, 0.3) is 0 Å². The molecule has 1 saturated heterocycles. The van der Waals surface area contributed by atoms with Crippen LogP contribution in [0.2, 0.25) is 0 Å². The van der Waals surface area contributed by atoms with Crippen LogP contribution in [0.5, 0.6) is 0 Å². The van der Waals surface area contributed by atoms with Gasteiger partial charge in [-0.05, 0) is 0 Å². The number of nitrogens with zero attached hydrogens (tertiary/aromatic N) is 6. The number of carboxylic acids is 1. The van der Waals surface area contributed by atoms with Crippen LogP contribution in [0.15, 0.2) is 16.7 Å². The van der Waals surface area contributed by atoms with Gasteiger partial charge in [0.05, 0.1) is 19.3 Å². The standard InChI is InChI=1S/C17H21N11O8S2/c18-15(19)21-3-7-4-22-27(25-7)5-9-11(13(30)28(9)38(33,34)35)24-12(29)10(8-6-37-16(20)23-8)26-36-17(1-2-17)14(31)32/h4,6,9,11H,1-3,5H2,(H2,20,23)(H,24,29)(H,31,32)(H4,18,19,21)(H,33,34,35)/t9-,11-/m0/s1. The molecular formula is C17H21N11O8S2. The number of carboxylic acid groups (broad SMARTS) is 1. The molecule has 2 aromatic rings.